The number of hydrogen-bond donors (Lipinski definition) is 2. The topological polar surface area (TPSA) is 41.1 Å². The van der Waals surface area contributed by atoms with Gasteiger partial charge in [-0.15, -0.1) is 0 Å². The van der Waals surface area contributed by atoms with E-state index in [1.165, 1.54) is 12.1 Å². The van der Waals surface area contributed by atoms with Crippen LogP contribution >= 0.6 is 0 Å². The number of rotatable bonds is 7. The van der Waals surface area contributed by atoms with Crippen LogP contribution < -0.4 is 10.6 Å². The van der Waals surface area contributed by atoms with Crippen molar-refractivity contribution in [1.29, 1.82) is 0 Å². The van der Waals surface area contributed by atoms with Crippen molar-refractivity contribution in [3.8, 4) is 0 Å². The maximum absolute atomic E-state index is 12.9. The van der Waals surface area contributed by atoms with Gasteiger partial charge in [0.05, 0.1) is 0 Å². The predicted octanol–water partition coefficient (Wildman–Crippen LogP) is 1.97. The number of benzene rings is 1. The van der Waals surface area contributed by atoms with Crippen molar-refractivity contribution in [2.24, 2.45) is 0 Å². The molecule has 0 bridgehead atoms. The minimum absolute atomic E-state index is 0.0480. The Hall–Kier alpha value is -1.42. The molecule has 1 aliphatic rings. The highest BCUT2D eigenvalue weighted by Crippen LogP contribution is 2.47. The second-order valence-corrected chi connectivity index (χ2v) is 5.27. The van der Waals surface area contributed by atoms with Crippen molar-refractivity contribution in [1.82, 2.24) is 10.6 Å². The van der Waals surface area contributed by atoms with Gasteiger partial charge in [0.1, 0.15) is 5.82 Å². The van der Waals surface area contributed by atoms with Gasteiger partial charge in [0.15, 0.2) is 0 Å². The Morgan fingerprint density at radius 3 is 2.58 bits per heavy atom. The van der Waals surface area contributed by atoms with Crippen molar-refractivity contribution in [3.05, 3.63) is 35.6 Å². The molecule has 0 aliphatic heterocycles. The molecule has 1 aliphatic carbocycles. The van der Waals surface area contributed by atoms with Gasteiger partial charge in [-0.3, -0.25) is 4.79 Å². The monoisotopic (exact) mass is 264 g/mol. The lowest BCUT2D eigenvalue weighted by Crippen LogP contribution is -2.32. The molecular weight excluding hydrogens is 243 g/mol. The summed E-state index contributed by atoms with van der Waals surface area (Å²) in [5.74, 6) is -0.112. The van der Waals surface area contributed by atoms with Gasteiger partial charge in [-0.2, -0.15) is 0 Å². The second kappa shape index (κ2) is 6.15. The molecule has 4 heteroatoms. The van der Waals surface area contributed by atoms with E-state index in [9.17, 15) is 9.18 Å². The summed E-state index contributed by atoms with van der Waals surface area (Å²) in [5, 5.41) is 6.02. The quantitative estimate of drug-likeness (QED) is 0.739. The molecule has 0 atom stereocenters. The summed E-state index contributed by atoms with van der Waals surface area (Å²) in [5.41, 5.74) is 1.18. The average Bonchev–Trinajstić information content (AvgIpc) is 3.19. The Morgan fingerprint density at radius 2 is 2.00 bits per heavy atom. The third-order valence-electron chi connectivity index (χ3n) is 3.76. The number of carbonyl (C=O) groups is 1. The maximum atomic E-state index is 12.9. The van der Waals surface area contributed by atoms with E-state index in [0.29, 0.717) is 13.0 Å². The molecule has 3 nitrogen and oxygen atoms in total. The van der Waals surface area contributed by atoms with Gasteiger partial charge in [0.25, 0.3) is 0 Å². The van der Waals surface area contributed by atoms with E-state index in [-0.39, 0.29) is 17.1 Å². The fraction of sp³-hybridized carbons (Fsp3) is 0.533. The first-order valence-electron chi connectivity index (χ1n) is 6.84. The summed E-state index contributed by atoms with van der Waals surface area (Å²) in [7, 11) is 1.88. The smallest absolute Gasteiger partial charge is 0.220 e. The van der Waals surface area contributed by atoms with Crippen LogP contribution in [0.4, 0.5) is 4.39 Å². The molecular formula is C15H21FN2O. The van der Waals surface area contributed by atoms with E-state index in [2.05, 4.69) is 10.6 Å². The zero-order valence-electron chi connectivity index (χ0n) is 11.3. The largest absolute Gasteiger partial charge is 0.355 e. The lowest BCUT2D eigenvalue weighted by Gasteiger charge is -2.16. The fourth-order valence-corrected chi connectivity index (χ4v) is 2.30. The van der Waals surface area contributed by atoms with Gasteiger partial charge in [0.2, 0.25) is 5.91 Å². The van der Waals surface area contributed by atoms with Gasteiger partial charge < -0.3 is 10.6 Å². The molecule has 0 spiro atoms. The highest BCUT2D eigenvalue weighted by Gasteiger charge is 2.44. The highest BCUT2D eigenvalue weighted by atomic mass is 19.1. The fourth-order valence-electron chi connectivity index (χ4n) is 2.30. The van der Waals surface area contributed by atoms with Gasteiger partial charge in [-0.1, -0.05) is 12.1 Å². The molecule has 2 N–H and O–H groups in total. The first kappa shape index (κ1) is 14.0. The first-order valence-corrected chi connectivity index (χ1v) is 6.84. The van der Waals surface area contributed by atoms with E-state index >= 15 is 0 Å². The van der Waals surface area contributed by atoms with Crippen LogP contribution in [-0.2, 0) is 10.2 Å². The third-order valence-corrected chi connectivity index (χ3v) is 3.76. The lowest BCUT2D eigenvalue weighted by atomic mass is 9.96. The molecule has 19 heavy (non-hydrogen) atoms. The van der Waals surface area contributed by atoms with Crippen molar-refractivity contribution >= 4 is 5.91 Å². The van der Waals surface area contributed by atoms with Crippen molar-refractivity contribution in [2.75, 3.05) is 20.1 Å². The molecule has 2 rings (SSSR count). The number of hydrogen-bond acceptors (Lipinski definition) is 2. The van der Waals surface area contributed by atoms with Crippen LogP contribution in [-0.4, -0.2) is 26.0 Å². The van der Waals surface area contributed by atoms with E-state index in [1.807, 2.05) is 19.2 Å². The van der Waals surface area contributed by atoms with Gasteiger partial charge in [-0.05, 0) is 50.6 Å². The zero-order valence-corrected chi connectivity index (χ0v) is 11.3. The molecule has 1 fully saturated rings. The highest BCUT2D eigenvalue weighted by molar-refractivity contribution is 5.76. The molecule has 1 aromatic rings. The Balaban J connectivity index is 1.82. The van der Waals surface area contributed by atoms with Crippen LogP contribution in [0.2, 0.25) is 0 Å². The number of carbonyl (C=O) groups excluding carboxylic acids is 1. The number of halogens is 1. The van der Waals surface area contributed by atoms with Gasteiger partial charge in [0, 0.05) is 18.4 Å². The molecule has 0 saturated heterocycles. The van der Waals surface area contributed by atoms with Gasteiger partial charge >= 0.3 is 0 Å². The van der Waals surface area contributed by atoms with Crippen LogP contribution in [0.1, 0.15) is 31.2 Å². The Bertz CT molecular complexity index is 426. The maximum Gasteiger partial charge on any atom is 0.220 e. The van der Waals surface area contributed by atoms with E-state index < -0.39 is 0 Å². The normalized spacial score (nSPS) is 16.1. The van der Waals surface area contributed by atoms with Crippen LogP contribution in [0, 0.1) is 5.82 Å². The van der Waals surface area contributed by atoms with Crippen LogP contribution in [0.3, 0.4) is 0 Å². The molecule has 0 unspecified atom stereocenters. The minimum atomic E-state index is -0.212. The molecule has 1 amide bonds. The Labute approximate surface area is 113 Å². The summed E-state index contributed by atoms with van der Waals surface area (Å²) in [4.78, 5) is 11.7. The van der Waals surface area contributed by atoms with Crippen molar-refractivity contribution in [3.63, 3.8) is 0 Å². The zero-order chi connectivity index (χ0) is 13.7. The molecule has 104 valence electrons. The standard InChI is InChI=1S/C15H21FN2O/c1-17-10-2-3-14(19)18-11-15(8-9-15)12-4-6-13(16)7-5-12/h4-7,17H,2-3,8-11H2,1H3,(H,18,19). The second-order valence-electron chi connectivity index (χ2n) is 5.27. The SMILES string of the molecule is CNCCCC(=O)NCC1(c2ccc(F)cc2)CC1. The summed E-state index contributed by atoms with van der Waals surface area (Å²) in [6, 6.07) is 6.64. The van der Waals surface area contributed by atoms with Crippen LogP contribution in [0.5, 0.6) is 0 Å². The van der Waals surface area contributed by atoms with Crippen molar-refractivity contribution in [2.45, 2.75) is 31.1 Å². The average molecular weight is 264 g/mol. The van der Waals surface area contributed by atoms with Crippen LogP contribution in [0.15, 0.2) is 24.3 Å². The lowest BCUT2D eigenvalue weighted by molar-refractivity contribution is -0.121. The predicted molar refractivity (Wildman–Crippen MR) is 73.5 cm³/mol. The van der Waals surface area contributed by atoms with Gasteiger partial charge in [-0.25, -0.2) is 4.39 Å². The number of nitrogens with one attached hydrogen (secondary N) is 2. The molecule has 0 aromatic heterocycles. The molecule has 0 heterocycles. The third kappa shape index (κ3) is 3.77. The summed E-state index contributed by atoms with van der Waals surface area (Å²) < 4.78 is 12.9. The summed E-state index contributed by atoms with van der Waals surface area (Å²) in [6.45, 7) is 1.52. The van der Waals surface area contributed by atoms with E-state index in [4.69, 9.17) is 0 Å². The number of amides is 1. The molecule has 1 saturated carbocycles. The summed E-state index contributed by atoms with van der Waals surface area (Å²) >= 11 is 0. The van der Waals surface area contributed by atoms with E-state index in [1.54, 1.807) is 0 Å². The van der Waals surface area contributed by atoms with Crippen LogP contribution in [0.25, 0.3) is 0 Å². The molecule has 0 radical (unpaired) electrons. The minimum Gasteiger partial charge on any atom is -0.355 e. The summed E-state index contributed by atoms with van der Waals surface area (Å²) in [6.07, 6.45) is 3.54. The van der Waals surface area contributed by atoms with Crippen molar-refractivity contribution < 1.29 is 9.18 Å². The first-order chi connectivity index (χ1) is 9.16. The Kier molecular flexibility index (Phi) is 4.53. The van der Waals surface area contributed by atoms with E-state index in [0.717, 1.165) is 31.4 Å². The molecule has 1 aromatic carbocycles. The Morgan fingerprint density at radius 1 is 1.32 bits per heavy atom.